The molecule has 2 rings (SSSR count). The zero-order valence-corrected chi connectivity index (χ0v) is 10.0. The van der Waals surface area contributed by atoms with Gasteiger partial charge in [-0.05, 0) is 12.1 Å². The third-order valence-electron chi connectivity index (χ3n) is 1.99. The summed E-state index contributed by atoms with van der Waals surface area (Å²) in [5.74, 6) is 0.697. The summed E-state index contributed by atoms with van der Waals surface area (Å²) in [6.07, 6.45) is 1.70. The summed E-state index contributed by atoms with van der Waals surface area (Å²) < 4.78 is 0. The van der Waals surface area contributed by atoms with Crippen LogP contribution in [-0.4, -0.2) is 15.0 Å². The molecule has 2 aromatic heterocycles. The van der Waals surface area contributed by atoms with Crippen molar-refractivity contribution in [3.63, 3.8) is 0 Å². The van der Waals surface area contributed by atoms with Crippen molar-refractivity contribution in [2.75, 3.05) is 5.32 Å². The predicted octanol–water partition coefficient (Wildman–Crippen LogP) is 1.78. The van der Waals surface area contributed by atoms with Gasteiger partial charge in [-0.3, -0.25) is 0 Å². The number of hydrogen-bond acceptors (Lipinski definition) is 5. The summed E-state index contributed by atoms with van der Waals surface area (Å²) in [6.45, 7) is 0.621. The molecule has 0 saturated heterocycles. The topological polar surface area (TPSA) is 63.8 Å². The summed E-state index contributed by atoms with van der Waals surface area (Å²) in [6, 6.07) is 3.65. The maximum Gasteiger partial charge on any atom is 0.136 e. The SMILES string of the molecule is NC(=S)c1cccnc1NCc1cscn1. The molecule has 0 fully saturated rings. The zero-order chi connectivity index (χ0) is 11.4. The molecule has 3 N–H and O–H groups in total. The lowest BCUT2D eigenvalue weighted by Gasteiger charge is -2.08. The van der Waals surface area contributed by atoms with Crippen LogP contribution in [0.25, 0.3) is 0 Å². The van der Waals surface area contributed by atoms with Crippen LogP contribution in [0.5, 0.6) is 0 Å². The fourth-order valence-electron chi connectivity index (χ4n) is 1.24. The molecular weight excluding hydrogens is 240 g/mol. The number of hydrogen-bond donors (Lipinski definition) is 2. The molecule has 0 aliphatic heterocycles. The molecule has 0 saturated carbocycles. The van der Waals surface area contributed by atoms with Crippen LogP contribution >= 0.6 is 23.6 Å². The number of anilines is 1. The smallest absolute Gasteiger partial charge is 0.136 e. The molecule has 0 bridgehead atoms. The number of thiazole rings is 1. The fraction of sp³-hybridized carbons (Fsp3) is 0.100. The Morgan fingerprint density at radius 2 is 2.38 bits per heavy atom. The molecule has 16 heavy (non-hydrogen) atoms. The summed E-state index contributed by atoms with van der Waals surface area (Å²) in [4.78, 5) is 8.71. The van der Waals surface area contributed by atoms with Crippen LogP contribution < -0.4 is 11.1 Å². The van der Waals surface area contributed by atoms with E-state index in [4.69, 9.17) is 18.0 Å². The Morgan fingerprint density at radius 3 is 3.06 bits per heavy atom. The third-order valence-corrected chi connectivity index (χ3v) is 2.85. The highest BCUT2D eigenvalue weighted by Gasteiger charge is 2.05. The van der Waals surface area contributed by atoms with Gasteiger partial charge in [-0.2, -0.15) is 0 Å². The third kappa shape index (κ3) is 2.53. The highest BCUT2D eigenvalue weighted by atomic mass is 32.1. The Labute approximate surface area is 103 Å². The molecule has 4 nitrogen and oxygen atoms in total. The summed E-state index contributed by atoms with van der Waals surface area (Å²) >= 11 is 6.51. The number of nitrogens with zero attached hydrogens (tertiary/aromatic N) is 2. The van der Waals surface area contributed by atoms with E-state index in [2.05, 4.69) is 15.3 Å². The van der Waals surface area contributed by atoms with E-state index in [9.17, 15) is 0 Å². The number of rotatable bonds is 4. The van der Waals surface area contributed by atoms with Crippen LogP contribution in [0.15, 0.2) is 29.2 Å². The van der Waals surface area contributed by atoms with Crippen molar-refractivity contribution in [3.05, 3.63) is 40.5 Å². The van der Waals surface area contributed by atoms with Gasteiger partial charge in [0.15, 0.2) is 0 Å². The van der Waals surface area contributed by atoms with Crippen LogP contribution in [0.2, 0.25) is 0 Å². The second-order valence-electron chi connectivity index (χ2n) is 3.10. The van der Waals surface area contributed by atoms with Gasteiger partial charge in [0, 0.05) is 11.6 Å². The minimum absolute atomic E-state index is 0.342. The molecule has 2 heterocycles. The lowest BCUT2D eigenvalue weighted by atomic mass is 10.2. The van der Waals surface area contributed by atoms with Gasteiger partial charge in [-0.1, -0.05) is 12.2 Å². The van der Waals surface area contributed by atoms with E-state index < -0.39 is 0 Å². The Bertz CT molecular complexity index is 481. The molecule has 0 aromatic carbocycles. The largest absolute Gasteiger partial charge is 0.389 e. The molecule has 82 valence electrons. The maximum atomic E-state index is 5.60. The van der Waals surface area contributed by atoms with Gasteiger partial charge >= 0.3 is 0 Å². The Balaban J connectivity index is 2.12. The number of pyridine rings is 1. The standard InChI is InChI=1S/C10H10N4S2/c11-9(15)8-2-1-3-12-10(8)13-4-7-5-16-6-14-7/h1-3,5-6H,4H2,(H2,11,15)(H,12,13). The summed E-state index contributed by atoms with van der Waals surface area (Å²) in [7, 11) is 0. The lowest BCUT2D eigenvalue weighted by molar-refractivity contribution is 1.05. The summed E-state index contributed by atoms with van der Waals surface area (Å²) in [5, 5.41) is 5.15. The first-order valence-corrected chi connectivity index (χ1v) is 5.98. The van der Waals surface area contributed by atoms with Gasteiger partial charge in [0.2, 0.25) is 0 Å². The molecular formula is C10H10N4S2. The van der Waals surface area contributed by atoms with Crippen molar-refractivity contribution in [3.8, 4) is 0 Å². The van der Waals surface area contributed by atoms with Crippen LogP contribution in [-0.2, 0) is 6.54 Å². The second kappa shape index (κ2) is 5.00. The number of nitrogens with two attached hydrogens (primary N) is 1. The van der Waals surface area contributed by atoms with Gasteiger partial charge in [-0.25, -0.2) is 9.97 Å². The minimum atomic E-state index is 0.342. The van der Waals surface area contributed by atoms with E-state index in [1.165, 1.54) is 0 Å². The van der Waals surface area contributed by atoms with E-state index in [0.717, 1.165) is 11.3 Å². The maximum absolute atomic E-state index is 5.60. The van der Waals surface area contributed by atoms with Crippen LogP contribution in [0, 0.1) is 0 Å². The summed E-state index contributed by atoms with van der Waals surface area (Å²) in [5.41, 5.74) is 9.13. The number of aromatic nitrogens is 2. The monoisotopic (exact) mass is 250 g/mol. The van der Waals surface area contributed by atoms with Crippen molar-refractivity contribution >= 4 is 34.4 Å². The molecule has 0 aliphatic carbocycles. The molecule has 0 radical (unpaired) electrons. The van der Waals surface area contributed by atoms with Gasteiger partial charge in [0.25, 0.3) is 0 Å². The highest BCUT2D eigenvalue weighted by molar-refractivity contribution is 7.80. The van der Waals surface area contributed by atoms with Crippen LogP contribution in [0.4, 0.5) is 5.82 Å². The fourth-order valence-corrected chi connectivity index (χ4v) is 1.97. The van der Waals surface area contributed by atoms with E-state index in [0.29, 0.717) is 17.4 Å². The Morgan fingerprint density at radius 1 is 1.50 bits per heavy atom. The van der Waals surface area contributed by atoms with Gasteiger partial charge in [0.05, 0.1) is 23.3 Å². The lowest BCUT2D eigenvalue weighted by Crippen LogP contribution is -2.14. The number of nitrogens with one attached hydrogen (secondary N) is 1. The van der Waals surface area contributed by atoms with Crippen molar-refractivity contribution < 1.29 is 0 Å². The van der Waals surface area contributed by atoms with Gasteiger partial charge < -0.3 is 11.1 Å². The van der Waals surface area contributed by atoms with Gasteiger partial charge in [0.1, 0.15) is 10.8 Å². The van der Waals surface area contributed by atoms with Crippen molar-refractivity contribution in [1.82, 2.24) is 9.97 Å². The second-order valence-corrected chi connectivity index (χ2v) is 4.26. The minimum Gasteiger partial charge on any atom is -0.389 e. The van der Waals surface area contributed by atoms with Crippen LogP contribution in [0.1, 0.15) is 11.3 Å². The molecule has 0 aliphatic rings. The first-order chi connectivity index (χ1) is 7.77. The Hall–Kier alpha value is -1.53. The van der Waals surface area contributed by atoms with E-state index >= 15 is 0 Å². The molecule has 2 aromatic rings. The average Bonchev–Trinajstić information content (AvgIpc) is 2.79. The highest BCUT2D eigenvalue weighted by Crippen LogP contribution is 2.12. The first kappa shape index (κ1) is 11.0. The molecule has 0 atom stereocenters. The predicted molar refractivity (Wildman–Crippen MR) is 69.6 cm³/mol. The first-order valence-electron chi connectivity index (χ1n) is 4.63. The van der Waals surface area contributed by atoms with E-state index in [-0.39, 0.29) is 0 Å². The van der Waals surface area contributed by atoms with Crippen molar-refractivity contribution in [2.45, 2.75) is 6.54 Å². The molecule has 0 unspecified atom stereocenters. The molecule has 0 amide bonds. The van der Waals surface area contributed by atoms with Crippen LogP contribution in [0.3, 0.4) is 0 Å². The molecule has 0 spiro atoms. The van der Waals surface area contributed by atoms with E-state index in [1.54, 1.807) is 23.0 Å². The quantitative estimate of drug-likeness (QED) is 0.810. The normalized spacial score (nSPS) is 10.0. The number of thiocarbonyl (C=S) groups is 1. The van der Waals surface area contributed by atoms with Crippen molar-refractivity contribution in [2.24, 2.45) is 5.73 Å². The molecule has 6 heteroatoms. The van der Waals surface area contributed by atoms with E-state index in [1.807, 2.05) is 17.5 Å². The average molecular weight is 250 g/mol. The van der Waals surface area contributed by atoms with Crippen molar-refractivity contribution in [1.29, 1.82) is 0 Å². The Kier molecular flexibility index (Phi) is 3.43. The zero-order valence-electron chi connectivity index (χ0n) is 8.38. The van der Waals surface area contributed by atoms with Gasteiger partial charge in [-0.15, -0.1) is 11.3 Å².